The number of nitrogens with one attached hydrogen (secondary N) is 2. The Morgan fingerprint density at radius 1 is 1.23 bits per heavy atom. The van der Waals surface area contributed by atoms with Crippen LogP contribution >= 0.6 is 11.8 Å². The maximum atomic E-state index is 12.3. The van der Waals surface area contributed by atoms with Crippen LogP contribution in [0.15, 0.2) is 47.6 Å². The number of aromatic nitrogens is 2. The van der Waals surface area contributed by atoms with Gasteiger partial charge in [-0.2, -0.15) is 0 Å². The minimum Gasteiger partial charge on any atom is -0.497 e. The van der Waals surface area contributed by atoms with E-state index >= 15 is 0 Å². The van der Waals surface area contributed by atoms with E-state index in [0.29, 0.717) is 5.16 Å². The van der Waals surface area contributed by atoms with Crippen molar-refractivity contribution in [2.75, 3.05) is 20.0 Å². The van der Waals surface area contributed by atoms with Gasteiger partial charge in [-0.1, -0.05) is 30.0 Å². The number of amides is 1. The number of ether oxygens (including phenoxy) is 2. The molecular formula is C19H21N3O3S. The lowest BCUT2D eigenvalue weighted by Crippen LogP contribution is -2.28. The number of aromatic amines is 1. The van der Waals surface area contributed by atoms with Gasteiger partial charge in [0.2, 0.25) is 5.91 Å². The van der Waals surface area contributed by atoms with Crippen molar-refractivity contribution in [2.24, 2.45) is 0 Å². The Balaban J connectivity index is 1.60. The van der Waals surface area contributed by atoms with Crippen LogP contribution in [0.4, 0.5) is 0 Å². The van der Waals surface area contributed by atoms with Gasteiger partial charge in [0.05, 0.1) is 37.0 Å². The number of fused-ring (bicyclic) bond motifs is 1. The number of carbonyl (C=O) groups excluding carboxylic acids is 1. The van der Waals surface area contributed by atoms with Crippen LogP contribution < -0.4 is 14.8 Å². The largest absolute Gasteiger partial charge is 0.497 e. The number of hydrogen-bond donors (Lipinski definition) is 2. The fraction of sp³-hybridized carbons (Fsp3) is 0.263. The Bertz CT molecular complexity index is 910. The summed E-state index contributed by atoms with van der Waals surface area (Å²) >= 11 is 1.36. The zero-order chi connectivity index (χ0) is 18.5. The van der Waals surface area contributed by atoms with Gasteiger partial charge in [-0.05, 0) is 25.1 Å². The summed E-state index contributed by atoms with van der Waals surface area (Å²) in [5.41, 5.74) is 2.68. The number of imidazole rings is 1. The minimum absolute atomic E-state index is 0.0635. The quantitative estimate of drug-likeness (QED) is 0.621. The fourth-order valence-corrected chi connectivity index (χ4v) is 3.38. The Kier molecular flexibility index (Phi) is 5.68. The molecule has 6 nitrogen and oxygen atoms in total. The lowest BCUT2D eigenvalue weighted by Gasteiger charge is -2.16. The first kappa shape index (κ1) is 18.1. The lowest BCUT2D eigenvalue weighted by atomic mass is 10.1. The Morgan fingerprint density at radius 2 is 2.04 bits per heavy atom. The first-order valence-electron chi connectivity index (χ1n) is 8.19. The minimum atomic E-state index is -0.140. The molecule has 0 saturated carbocycles. The zero-order valence-electron chi connectivity index (χ0n) is 14.9. The highest BCUT2D eigenvalue weighted by molar-refractivity contribution is 7.99. The average molecular weight is 371 g/mol. The normalized spacial score (nSPS) is 12.0. The van der Waals surface area contributed by atoms with Gasteiger partial charge in [0, 0.05) is 11.6 Å². The van der Waals surface area contributed by atoms with E-state index in [1.54, 1.807) is 14.2 Å². The van der Waals surface area contributed by atoms with Crippen LogP contribution in [0, 0.1) is 0 Å². The summed E-state index contributed by atoms with van der Waals surface area (Å²) in [6.07, 6.45) is 0. The number of carbonyl (C=O) groups is 1. The molecule has 0 aliphatic carbocycles. The van der Waals surface area contributed by atoms with Gasteiger partial charge < -0.3 is 19.8 Å². The van der Waals surface area contributed by atoms with Crippen LogP contribution in [0.5, 0.6) is 11.5 Å². The van der Waals surface area contributed by atoms with Gasteiger partial charge in [0.25, 0.3) is 0 Å². The van der Waals surface area contributed by atoms with E-state index in [1.807, 2.05) is 49.4 Å². The molecule has 0 aliphatic rings. The number of hydrogen-bond acceptors (Lipinski definition) is 5. The van der Waals surface area contributed by atoms with Crippen LogP contribution in [0.1, 0.15) is 18.5 Å². The topological polar surface area (TPSA) is 76.2 Å². The van der Waals surface area contributed by atoms with Crippen molar-refractivity contribution in [3.8, 4) is 11.5 Å². The molecule has 3 aromatic rings. The summed E-state index contributed by atoms with van der Waals surface area (Å²) in [6.45, 7) is 1.94. The van der Waals surface area contributed by atoms with Gasteiger partial charge in [-0.3, -0.25) is 4.79 Å². The summed E-state index contributed by atoms with van der Waals surface area (Å²) in [5, 5.41) is 3.69. The molecule has 2 N–H and O–H groups in total. The third-order valence-electron chi connectivity index (χ3n) is 3.99. The molecule has 2 aromatic carbocycles. The molecule has 26 heavy (non-hydrogen) atoms. The van der Waals surface area contributed by atoms with Crippen molar-refractivity contribution in [1.82, 2.24) is 15.3 Å². The third-order valence-corrected chi connectivity index (χ3v) is 4.86. The summed E-state index contributed by atoms with van der Waals surface area (Å²) in [4.78, 5) is 20.0. The molecule has 0 saturated heterocycles. The van der Waals surface area contributed by atoms with Crippen molar-refractivity contribution < 1.29 is 14.3 Å². The maximum absolute atomic E-state index is 12.3. The van der Waals surface area contributed by atoms with Crippen molar-refractivity contribution in [1.29, 1.82) is 0 Å². The third kappa shape index (κ3) is 4.11. The van der Waals surface area contributed by atoms with E-state index in [1.165, 1.54) is 11.8 Å². The number of benzene rings is 2. The SMILES string of the molecule is COc1ccc2nc(SCC(=O)N[C@@H](C)c3ccccc3OC)[nH]c2c1. The standard InChI is InChI=1S/C19H21N3O3S/c1-12(14-6-4-5-7-17(14)25-3)20-18(23)11-26-19-21-15-9-8-13(24-2)10-16(15)22-19/h4-10,12H,11H2,1-3H3,(H,20,23)(H,21,22)/t12-/m0/s1. The molecule has 7 heteroatoms. The highest BCUT2D eigenvalue weighted by atomic mass is 32.2. The first-order chi connectivity index (χ1) is 12.6. The van der Waals surface area contributed by atoms with Crippen molar-refractivity contribution >= 4 is 28.7 Å². The number of H-pyrrole nitrogens is 1. The molecular weight excluding hydrogens is 350 g/mol. The van der Waals surface area contributed by atoms with Crippen LogP contribution in [0.2, 0.25) is 0 Å². The number of rotatable bonds is 7. The van der Waals surface area contributed by atoms with E-state index in [2.05, 4.69) is 15.3 Å². The number of nitrogens with zero attached hydrogens (tertiary/aromatic N) is 1. The van der Waals surface area contributed by atoms with E-state index in [9.17, 15) is 4.79 Å². The predicted octanol–water partition coefficient (Wildman–Crippen LogP) is 3.55. The second-order valence-corrected chi connectivity index (χ2v) is 6.71. The van der Waals surface area contributed by atoms with Crippen molar-refractivity contribution in [3.05, 3.63) is 48.0 Å². The predicted molar refractivity (Wildman–Crippen MR) is 103 cm³/mol. The van der Waals surface area contributed by atoms with Crippen LogP contribution in [0.25, 0.3) is 11.0 Å². The highest BCUT2D eigenvalue weighted by Gasteiger charge is 2.14. The molecule has 1 heterocycles. The second kappa shape index (κ2) is 8.14. The maximum Gasteiger partial charge on any atom is 0.230 e. The molecule has 0 aliphatic heterocycles. The van der Waals surface area contributed by atoms with E-state index in [4.69, 9.17) is 9.47 Å². The van der Waals surface area contributed by atoms with Crippen molar-refractivity contribution in [3.63, 3.8) is 0 Å². The Labute approximate surface area is 156 Å². The highest BCUT2D eigenvalue weighted by Crippen LogP contribution is 2.25. The van der Waals surface area contributed by atoms with Gasteiger partial charge in [-0.25, -0.2) is 4.98 Å². The molecule has 1 atom stereocenters. The first-order valence-corrected chi connectivity index (χ1v) is 9.18. The summed E-state index contributed by atoms with van der Waals surface area (Å²) in [7, 11) is 3.25. The summed E-state index contributed by atoms with van der Waals surface area (Å²) in [6, 6.07) is 13.2. The summed E-state index contributed by atoms with van der Waals surface area (Å²) in [5.74, 6) is 1.74. The van der Waals surface area contributed by atoms with Gasteiger partial charge >= 0.3 is 0 Å². The molecule has 0 bridgehead atoms. The zero-order valence-corrected chi connectivity index (χ0v) is 15.7. The monoisotopic (exact) mass is 371 g/mol. The van der Waals surface area contributed by atoms with Crippen LogP contribution in [0.3, 0.4) is 0 Å². The van der Waals surface area contributed by atoms with Crippen molar-refractivity contribution in [2.45, 2.75) is 18.1 Å². The number of para-hydroxylation sites is 1. The molecule has 1 aromatic heterocycles. The number of thioether (sulfide) groups is 1. The molecule has 1 amide bonds. The molecule has 0 spiro atoms. The Hall–Kier alpha value is -2.67. The van der Waals surface area contributed by atoms with Gasteiger partial charge in [0.1, 0.15) is 11.5 Å². The smallest absolute Gasteiger partial charge is 0.230 e. The molecule has 0 unspecified atom stereocenters. The second-order valence-electron chi connectivity index (χ2n) is 5.74. The van der Waals surface area contributed by atoms with E-state index < -0.39 is 0 Å². The van der Waals surface area contributed by atoms with Gasteiger partial charge in [0.15, 0.2) is 5.16 Å². The van der Waals surface area contributed by atoms with Crippen LogP contribution in [-0.4, -0.2) is 35.8 Å². The van der Waals surface area contributed by atoms with E-state index in [0.717, 1.165) is 28.1 Å². The van der Waals surface area contributed by atoms with Crippen LogP contribution in [-0.2, 0) is 4.79 Å². The average Bonchev–Trinajstić information content (AvgIpc) is 3.08. The molecule has 0 fully saturated rings. The van der Waals surface area contributed by atoms with Gasteiger partial charge in [-0.15, -0.1) is 0 Å². The summed E-state index contributed by atoms with van der Waals surface area (Å²) < 4.78 is 10.6. The van der Waals surface area contributed by atoms with E-state index in [-0.39, 0.29) is 17.7 Å². The lowest BCUT2D eigenvalue weighted by molar-refractivity contribution is -0.119. The number of methoxy groups -OCH3 is 2. The molecule has 136 valence electrons. The molecule has 0 radical (unpaired) electrons. The Morgan fingerprint density at radius 3 is 2.81 bits per heavy atom. The fourth-order valence-electron chi connectivity index (χ4n) is 2.68. The molecule has 3 rings (SSSR count).